The molecule has 0 saturated heterocycles. The lowest BCUT2D eigenvalue weighted by Crippen LogP contribution is -2.41. The van der Waals surface area contributed by atoms with Gasteiger partial charge in [0.05, 0.1) is 0 Å². The van der Waals surface area contributed by atoms with Crippen molar-refractivity contribution in [2.75, 3.05) is 13.6 Å². The molecule has 0 aliphatic heterocycles. The van der Waals surface area contributed by atoms with Crippen LogP contribution in [0.25, 0.3) is 0 Å². The van der Waals surface area contributed by atoms with Crippen molar-refractivity contribution in [1.29, 1.82) is 0 Å². The predicted octanol–water partition coefficient (Wildman–Crippen LogP) is 1.85. The first-order valence-corrected chi connectivity index (χ1v) is 5.40. The second-order valence-corrected chi connectivity index (χ2v) is 4.67. The molecule has 2 unspecified atom stereocenters. The molecule has 0 aromatic heterocycles. The second kappa shape index (κ2) is 6.39. The molecule has 0 spiro atoms. The highest BCUT2D eigenvalue weighted by Crippen LogP contribution is 2.19. The average molecular weight is 186 g/mol. The zero-order valence-corrected chi connectivity index (χ0v) is 9.80. The summed E-state index contributed by atoms with van der Waals surface area (Å²) in [7, 11) is 2.04. The van der Waals surface area contributed by atoms with E-state index in [1.807, 2.05) is 7.05 Å². The molecule has 0 bridgehead atoms. The Kier molecular flexibility index (Phi) is 6.35. The Morgan fingerprint density at radius 3 is 1.92 bits per heavy atom. The molecule has 0 heterocycles. The van der Waals surface area contributed by atoms with Gasteiger partial charge in [-0.1, -0.05) is 27.7 Å². The SMILES string of the molecule is CNC(CC(C)C)C(CN)C(C)C. The van der Waals surface area contributed by atoms with E-state index >= 15 is 0 Å². The summed E-state index contributed by atoms with van der Waals surface area (Å²) < 4.78 is 0. The number of hydrogen-bond acceptors (Lipinski definition) is 2. The van der Waals surface area contributed by atoms with Gasteiger partial charge in [-0.25, -0.2) is 0 Å². The van der Waals surface area contributed by atoms with Crippen LogP contribution in [-0.2, 0) is 0 Å². The van der Waals surface area contributed by atoms with Gasteiger partial charge in [0.2, 0.25) is 0 Å². The van der Waals surface area contributed by atoms with E-state index in [4.69, 9.17) is 5.73 Å². The number of nitrogens with one attached hydrogen (secondary N) is 1. The van der Waals surface area contributed by atoms with Crippen molar-refractivity contribution in [2.24, 2.45) is 23.5 Å². The van der Waals surface area contributed by atoms with E-state index in [0.29, 0.717) is 17.9 Å². The van der Waals surface area contributed by atoms with Crippen LogP contribution in [0.5, 0.6) is 0 Å². The Morgan fingerprint density at radius 1 is 1.15 bits per heavy atom. The van der Waals surface area contributed by atoms with E-state index < -0.39 is 0 Å². The van der Waals surface area contributed by atoms with Gasteiger partial charge in [-0.3, -0.25) is 0 Å². The first-order chi connectivity index (χ1) is 6.02. The Bertz CT molecular complexity index is 121. The van der Waals surface area contributed by atoms with Gasteiger partial charge in [-0.15, -0.1) is 0 Å². The molecule has 0 amide bonds. The van der Waals surface area contributed by atoms with Gasteiger partial charge >= 0.3 is 0 Å². The lowest BCUT2D eigenvalue weighted by molar-refractivity contribution is 0.262. The van der Waals surface area contributed by atoms with Gasteiger partial charge < -0.3 is 11.1 Å². The van der Waals surface area contributed by atoms with Gasteiger partial charge in [-0.05, 0) is 37.8 Å². The first kappa shape index (κ1) is 12.9. The fraction of sp³-hybridized carbons (Fsp3) is 1.00. The molecule has 0 rings (SSSR count). The van der Waals surface area contributed by atoms with Crippen LogP contribution in [0.3, 0.4) is 0 Å². The van der Waals surface area contributed by atoms with Crippen LogP contribution in [0.4, 0.5) is 0 Å². The summed E-state index contributed by atoms with van der Waals surface area (Å²) in [5.74, 6) is 2.01. The van der Waals surface area contributed by atoms with E-state index in [9.17, 15) is 0 Å². The smallest absolute Gasteiger partial charge is 0.0109 e. The molecule has 0 radical (unpaired) electrons. The number of rotatable bonds is 6. The van der Waals surface area contributed by atoms with Crippen molar-refractivity contribution in [2.45, 2.75) is 40.2 Å². The molecule has 2 nitrogen and oxygen atoms in total. The van der Waals surface area contributed by atoms with Crippen LogP contribution < -0.4 is 11.1 Å². The zero-order chi connectivity index (χ0) is 10.4. The molecule has 0 aromatic rings. The minimum absolute atomic E-state index is 0.574. The van der Waals surface area contributed by atoms with Crippen molar-refractivity contribution in [1.82, 2.24) is 5.32 Å². The van der Waals surface area contributed by atoms with Crippen LogP contribution >= 0.6 is 0 Å². The standard InChI is InChI=1S/C11H26N2/c1-8(2)6-11(13-5)10(7-12)9(3)4/h8-11,13H,6-7,12H2,1-5H3. The maximum atomic E-state index is 5.79. The van der Waals surface area contributed by atoms with E-state index in [1.54, 1.807) is 0 Å². The summed E-state index contributed by atoms with van der Waals surface area (Å²) in [5, 5.41) is 3.39. The molecule has 0 aromatic carbocycles. The third-order valence-electron chi connectivity index (χ3n) is 2.74. The molecule has 0 aliphatic rings. The largest absolute Gasteiger partial charge is 0.330 e. The van der Waals surface area contributed by atoms with Crippen LogP contribution in [0.1, 0.15) is 34.1 Å². The van der Waals surface area contributed by atoms with Crippen LogP contribution in [0.2, 0.25) is 0 Å². The lowest BCUT2D eigenvalue weighted by Gasteiger charge is -2.30. The molecule has 0 fully saturated rings. The monoisotopic (exact) mass is 186 g/mol. The summed E-state index contributed by atoms with van der Waals surface area (Å²) >= 11 is 0. The third kappa shape index (κ3) is 4.63. The summed E-state index contributed by atoms with van der Waals surface area (Å²) in [4.78, 5) is 0. The normalized spacial score (nSPS) is 16.6. The molecule has 2 heteroatoms. The van der Waals surface area contributed by atoms with Crippen molar-refractivity contribution in [3.05, 3.63) is 0 Å². The molecule has 13 heavy (non-hydrogen) atoms. The molecule has 0 aliphatic carbocycles. The Labute approximate surface area is 83.3 Å². The molecule has 3 N–H and O–H groups in total. The fourth-order valence-corrected chi connectivity index (χ4v) is 1.92. The van der Waals surface area contributed by atoms with Crippen LogP contribution in [0.15, 0.2) is 0 Å². The van der Waals surface area contributed by atoms with Gasteiger partial charge in [0, 0.05) is 6.04 Å². The molecule has 2 atom stereocenters. The quantitative estimate of drug-likeness (QED) is 0.664. The molecule has 0 saturated carbocycles. The molecular weight excluding hydrogens is 160 g/mol. The second-order valence-electron chi connectivity index (χ2n) is 4.67. The average Bonchev–Trinajstić information content (AvgIpc) is 2.02. The number of nitrogens with two attached hydrogens (primary N) is 1. The summed E-state index contributed by atoms with van der Waals surface area (Å²) in [5.41, 5.74) is 5.79. The lowest BCUT2D eigenvalue weighted by atomic mass is 9.84. The van der Waals surface area contributed by atoms with E-state index in [1.165, 1.54) is 6.42 Å². The van der Waals surface area contributed by atoms with Crippen LogP contribution in [0, 0.1) is 17.8 Å². The summed E-state index contributed by atoms with van der Waals surface area (Å²) in [6.07, 6.45) is 1.22. The highest BCUT2D eigenvalue weighted by molar-refractivity contribution is 4.79. The Morgan fingerprint density at radius 2 is 1.69 bits per heavy atom. The maximum absolute atomic E-state index is 5.79. The van der Waals surface area contributed by atoms with Gasteiger partial charge in [0.15, 0.2) is 0 Å². The molecular formula is C11H26N2. The summed E-state index contributed by atoms with van der Waals surface area (Å²) in [6, 6.07) is 0.574. The predicted molar refractivity (Wildman–Crippen MR) is 59.7 cm³/mol. The maximum Gasteiger partial charge on any atom is 0.0109 e. The Balaban J connectivity index is 4.16. The van der Waals surface area contributed by atoms with Crippen molar-refractivity contribution < 1.29 is 0 Å². The summed E-state index contributed by atoms with van der Waals surface area (Å²) in [6.45, 7) is 9.82. The zero-order valence-electron chi connectivity index (χ0n) is 9.80. The van der Waals surface area contributed by atoms with Crippen molar-refractivity contribution in [3.8, 4) is 0 Å². The highest BCUT2D eigenvalue weighted by Gasteiger charge is 2.22. The topological polar surface area (TPSA) is 38.0 Å². The third-order valence-corrected chi connectivity index (χ3v) is 2.74. The first-order valence-electron chi connectivity index (χ1n) is 5.40. The van der Waals surface area contributed by atoms with Crippen LogP contribution in [-0.4, -0.2) is 19.6 Å². The highest BCUT2D eigenvalue weighted by atomic mass is 14.9. The van der Waals surface area contributed by atoms with Crippen molar-refractivity contribution in [3.63, 3.8) is 0 Å². The van der Waals surface area contributed by atoms with Crippen molar-refractivity contribution >= 4 is 0 Å². The van der Waals surface area contributed by atoms with E-state index in [0.717, 1.165) is 12.5 Å². The minimum atomic E-state index is 0.574. The minimum Gasteiger partial charge on any atom is -0.330 e. The fourth-order valence-electron chi connectivity index (χ4n) is 1.92. The van der Waals surface area contributed by atoms with Gasteiger partial charge in [-0.2, -0.15) is 0 Å². The van der Waals surface area contributed by atoms with E-state index in [2.05, 4.69) is 33.0 Å². The Hall–Kier alpha value is -0.0800. The molecule has 80 valence electrons. The number of hydrogen-bond donors (Lipinski definition) is 2. The van der Waals surface area contributed by atoms with E-state index in [-0.39, 0.29) is 0 Å². The van der Waals surface area contributed by atoms with Gasteiger partial charge in [0.1, 0.15) is 0 Å². The van der Waals surface area contributed by atoms with Gasteiger partial charge in [0.25, 0.3) is 0 Å².